The molecule has 2 aliphatic heterocycles. The van der Waals surface area contributed by atoms with Crippen molar-refractivity contribution >= 4 is 0 Å². The monoisotopic (exact) mass is 344 g/mol. The molecule has 4 unspecified atom stereocenters. The molecule has 3 heteroatoms. The molecule has 3 rings (SSSR count). The molecular weight excluding hydrogens is 312 g/mol. The van der Waals surface area contributed by atoms with Gasteiger partial charge in [0.25, 0.3) is 0 Å². The molecule has 0 radical (unpaired) electrons. The summed E-state index contributed by atoms with van der Waals surface area (Å²) in [6.07, 6.45) is 6.29. The minimum atomic E-state index is 0.247. The Kier molecular flexibility index (Phi) is 8.07. The Balaban J connectivity index is 0.000000316. The average Bonchev–Trinajstić information content (AvgIpc) is 3.27. The molecular formula is C22H32O3. The van der Waals surface area contributed by atoms with Crippen LogP contribution in [0.25, 0.3) is 0 Å². The van der Waals surface area contributed by atoms with E-state index in [9.17, 15) is 0 Å². The first-order chi connectivity index (χ1) is 12.2. The molecule has 0 spiro atoms. The lowest BCUT2D eigenvalue weighted by Gasteiger charge is -2.31. The van der Waals surface area contributed by atoms with Crippen LogP contribution >= 0.6 is 0 Å². The lowest BCUT2D eigenvalue weighted by Crippen LogP contribution is -2.34. The SMILES string of the molecule is CCC(OC(CC)C1COC=C1C)C1COC=C1C.c1ccccc1. The van der Waals surface area contributed by atoms with Gasteiger partial charge in [0.15, 0.2) is 0 Å². The largest absolute Gasteiger partial charge is 0.501 e. The molecule has 0 aromatic heterocycles. The fraction of sp³-hybridized carbons (Fsp3) is 0.545. The van der Waals surface area contributed by atoms with E-state index in [1.54, 1.807) is 0 Å². The number of ether oxygens (including phenoxy) is 3. The van der Waals surface area contributed by atoms with E-state index < -0.39 is 0 Å². The summed E-state index contributed by atoms with van der Waals surface area (Å²) < 4.78 is 17.3. The summed E-state index contributed by atoms with van der Waals surface area (Å²) in [5, 5.41) is 0. The lowest BCUT2D eigenvalue weighted by molar-refractivity contribution is -0.0665. The van der Waals surface area contributed by atoms with Gasteiger partial charge in [-0.3, -0.25) is 0 Å². The van der Waals surface area contributed by atoms with Crippen LogP contribution in [0.15, 0.2) is 60.1 Å². The Bertz CT molecular complexity index is 489. The summed E-state index contributed by atoms with van der Waals surface area (Å²) in [6, 6.07) is 12.0. The zero-order valence-corrected chi connectivity index (χ0v) is 16.0. The van der Waals surface area contributed by atoms with Gasteiger partial charge in [0.05, 0.1) is 37.9 Å². The van der Waals surface area contributed by atoms with E-state index >= 15 is 0 Å². The average molecular weight is 344 g/mol. The minimum absolute atomic E-state index is 0.247. The zero-order chi connectivity index (χ0) is 18.1. The number of hydrogen-bond acceptors (Lipinski definition) is 3. The molecule has 138 valence electrons. The number of rotatable bonds is 6. The molecule has 0 saturated heterocycles. The molecule has 3 nitrogen and oxygen atoms in total. The van der Waals surface area contributed by atoms with Gasteiger partial charge in [0.2, 0.25) is 0 Å². The molecule has 1 aromatic rings. The summed E-state index contributed by atoms with van der Waals surface area (Å²) in [4.78, 5) is 0. The van der Waals surface area contributed by atoms with Crippen LogP contribution in [-0.4, -0.2) is 25.4 Å². The third-order valence-electron chi connectivity index (χ3n) is 4.98. The maximum atomic E-state index is 6.42. The number of hydrogen-bond donors (Lipinski definition) is 0. The topological polar surface area (TPSA) is 27.7 Å². The maximum Gasteiger partial charge on any atom is 0.0964 e. The van der Waals surface area contributed by atoms with Gasteiger partial charge in [-0.15, -0.1) is 0 Å². The fourth-order valence-electron chi connectivity index (χ4n) is 3.37. The Hall–Kier alpha value is -1.74. The Labute approximate surface area is 152 Å². The maximum absolute atomic E-state index is 6.42. The van der Waals surface area contributed by atoms with Crippen LogP contribution in [0.2, 0.25) is 0 Å². The molecule has 0 aliphatic carbocycles. The highest BCUT2D eigenvalue weighted by Crippen LogP contribution is 2.31. The standard InChI is InChI=1S/C16H26O3.C6H6/c1-5-15(13-9-17-7-11(13)3)19-16(6-2)14-10-18-8-12(14)4;1-2-4-6-5-3-1/h7-8,13-16H,5-6,9-10H2,1-4H3;1-6H. The smallest absolute Gasteiger partial charge is 0.0964 e. The van der Waals surface area contributed by atoms with E-state index in [1.807, 2.05) is 48.9 Å². The molecule has 2 aliphatic rings. The van der Waals surface area contributed by atoms with Gasteiger partial charge >= 0.3 is 0 Å². The number of benzene rings is 1. The molecule has 0 N–H and O–H groups in total. The third kappa shape index (κ3) is 5.64. The van der Waals surface area contributed by atoms with E-state index in [0.29, 0.717) is 11.8 Å². The fourth-order valence-corrected chi connectivity index (χ4v) is 3.37. The summed E-state index contributed by atoms with van der Waals surface area (Å²) in [5.74, 6) is 0.816. The van der Waals surface area contributed by atoms with Gasteiger partial charge in [-0.1, -0.05) is 50.2 Å². The Morgan fingerprint density at radius 1 is 0.800 bits per heavy atom. The molecule has 1 aromatic carbocycles. The van der Waals surface area contributed by atoms with Crippen LogP contribution in [0.4, 0.5) is 0 Å². The van der Waals surface area contributed by atoms with Crippen molar-refractivity contribution in [2.45, 2.75) is 52.7 Å². The van der Waals surface area contributed by atoms with Crippen molar-refractivity contribution in [3.8, 4) is 0 Å². The van der Waals surface area contributed by atoms with Crippen molar-refractivity contribution in [1.29, 1.82) is 0 Å². The zero-order valence-electron chi connectivity index (χ0n) is 16.0. The van der Waals surface area contributed by atoms with Crippen molar-refractivity contribution in [3.05, 3.63) is 60.1 Å². The Morgan fingerprint density at radius 3 is 1.40 bits per heavy atom. The van der Waals surface area contributed by atoms with E-state index in [1.165, 1.54) is 11.1 Å². The van der Waals surface area contributed by atoms with Crippen molar-refractivity contribution < 1.29 is 14.2 Å². The van der Waals surface area contributed by atoms with Crippen molar-refractivity contribution in [3.63, 3.8) is 0 Å². The first-order valence-electron chi connectivity index (χ1n) is 9.39. The molecule has 2 heterocycles. The van der Waals surface area contributed by atoms with E-state index in [4.69, 9.17) is 14.2 Å². The van der Waals surface area contributed by atoms with Crippen LogP contribution in [0.1, 0.15) is 40.5 Å². The first kappa shape index (κ1) is 19.6. The van der Waals surface area contributed by atoms with Crippen molar-refractivity contribution in [1.82, 2.24) is 0 Å². The predicted molar refractivity (Wildman–Crippen MR) is 102 cm³/mol. The molecule has 0 bridgehead atoms. The van der Waals surface area contributed by atoms with Crippen LogP contribution in [0, 0.1) is 11.8 Å². The molecule has 4 atom stereocenters. The van der Waals surface area contributed by atoms with Crippen molar-refractivity contribution in [2.24, 2.45) is 11.8 Å². The molecule has 0 saturated carbocycles. The molecule has 0 amide bonds. The lowest BCUT2D eigenvalue weighted by atomic mass is 9.92. The Morgan fingerprint density at radius 2 is 1.16 bits per heavy atom. The minimum Gasteiger partial charge on any atom is -0.501 e. The van der Waals surface area contributed by atoms with Crippen LogP contribution in [0.5, 0.6) is 0 Å². The normalized spacial score (nSPS) is 24.2. The van der Waals surface area contributed by atoms with E-state index in [0.717, 1.165) is 26.1 Å². The quantitative estimate of drug-likeness (QED) is 0.696. The second-order valence-electron chi connectivity index (χ2n) is 6.79. The van der Waals surface area contributed by atoms with Gasteiger partial charge < -0.3 is 14.2 Å². The van der Waals surface area contributed by atoms with Gasteiger partial charge in [0.1, 0.15) is 0 Å². The molecule has 0 fully saturated rings. The molecule has 25 heavy (non-hydrogen) atoms. The highest BCUT2D eigenvalue weighted by Gasteiger charge is 2.33. The summed E-state index contributed by atoms with van der Waals surface area (Å²) >= 11 is 0. The van der Waals surface area contributed by atoms with Crippen LogP contribution in [0.3, 0.4) is 0 Å². The van der Waals surface area contributed by atoms with E-state index in [-0.39, 0.29) is 12.2 Å². The first-order valence-corrected chi connectivity index (χ1v) is 9.39. The highest BCUT2D eigenvalue weighted by molar-refractivity contribution is 5.09. The van der Waals surface area contributed by atoms with Crippen LogP contribution < -0.4 is 0 Å². The van der Waals surface area contributed by atoms with Gasteiger partial charge in [-0.25, -0.2) is 0 Å². The second kappa shape index (κ2) is 10.3. The summed E-state index contributed by atoms with van der Waals surface area (Å²) in [6.45, 7) is 10.2. The highest BCUT2D eigenvalue weighted by atomic mass is 16.5. The van der Waals surface area contributed by atoms with Gasteiger partial charge in [-0.2, -0.15) is 0 Å². The van der Waals surface area contributed by atoms with Gasteiger partial charge in [-0.05, 0) is 37.8 Å². The van der Waals surface area contributed by atoms with Gasteiger partial charge in [0, 0.05) is 11.8 Å². The summed E-state index contributed by atoms with van der Waals surface area (Å²) in [5.41, 5.74) is 2.60. The summed E-state index contributed by atoms with van der Waals surface area (Å²) in [7, 11) is 0. The van der Waals surface area contributed by atoms with E-state index in [2.05, 4.69) is 27.7 Å². The third-order valence-corrected chi connectivity index (χ3v) is 4.98. The van der Waals surface area contributed by atoms with Crippen molar-refractivity contribution in [2.75, 3.05) is 13.2 Å². The predicted octanol–water partition coefficient (Wildman–Crippen LogP) is 5.35. The second-order valence-corrected chi connectivity index (χ2v) is 6.79. The van der Waals surface area contributed by atoms with Crippen LogP contribution in [-0.2, 0) is 14.2 Å².